The maximum Gasteiger partial charge on any atom is 0.215 e. The van der Waals surface area contributed by atoms with Crippen molar-refractivity contribution >= 4 is 17.3 Å². The first-order chi connectivity index (χ1) is 12.8. The summed E-state index contributed by atoms with van der Waals surface area (Å²) in [4.78, 5) is 4.25. The SMILES string of the molecule is Clc1ccc(C2=NN3C(C2)c2ccccc2OC3c2cccnc2)cc1. The van der Waals surface area contributed by atoms with E-state index in [-0.39, 0.29) is 12.3 Å². The highest BCUT2D eigenvalue weighted by atomic mass is 35.5. The molecule has 0 saturated heterocycles. The topological polar surface area (TPSA) is 37.7 Å². The third-order valence-corrected chi connectivity index (χ3v) is 5.10. The van der Waals surface area contributed by atoms with Gasteiger partial charge in [0.05, 0.1) is 11.8 Å². The molecule has 0 saturated carbocycles. The molecule has 1 aromatic heterocycles. The van der Waals surface area contributed by atoms with E-state index in [1.807, 2.05) is 60.8 Å². The summed E-state index contributed by atoms with van der Waals surface area (Å²) in [5.74, 6) is 0.912. The number of nitrogens with zero attached hydrogens (tertiary/aromatic N) is 3. The number of fused-ring (bicyclic) bond motifs is 3. The van der Waals surface area contributed by atoms with Gasteiger partial charge in [-0.1, -0.05) is 48.0 Å². The minimum Gasteiger partial charge on any atom is -0.464 e. The van der Waals surface area contributed by atoms with E-state index >= 15 is 0 Å². The highest BCUT2D eigenvalue weighted by Crippen LogP contribution is 2.47. The summed E-state index contributed by atoms with van der Waals surface area (Å²) in [7, 11) is 0. The lowest BCUT2D eigenvalue weighted by atomic mass is 9.96. The molecule has 2 aliphatic heterocycles. The van der Waals surface area contributed by atoms with E-state index in [9.17, 15) is 0 Å². The average Bonchev–Trinajstić information content (AvgIpc) is 3.14. The molecular formula is C21H16ClN3O. The monoisotopic (exact) mass is 361 g/mol. The molecular weight excluding hydrogens is 346 g/mol. The Morgan fingerprint density at radius 1 is 1.00 bits per heavy atom. The van der Waals surface area contributed by atoms with Crippen LogP contribution in [0.4, 0.5) is 0 Å². The molecule has 26 heavy (non-hydrogen) atoms. The van der Waals surface area contributed by atoms with Crippen molar-refractivity contribution in [2.45, 2.75) is 18.7 Å². The number of para-hydroxylation sites is 1. The molecule has 128 valence electrons. The van der Waals surface area contributed by atoms with Gasteiger partial charge in [0.25, 0.3) is 0 Å². The van der Waals surface area contributed by atoms with E-state index in [1.54, 1.807) is 6.20 Å². The molecule has 0 amide bonds. The summed E-state index contributed by atoms with van der Waals surface area (Å²) in [6.45, 7) is 0. The predicted molar refractivity (Wildman–Crippen MR) is 101 cm³/mol. The van der Waals surface area contributed by atoms with E-state index < -0.39 is 0 Å². The molecule has 3 aromatic rings. The van der Waals surface area contributed by atoms with Gasteiger partial charge in [0.15, 0.2) is 0 Å². The number of hydrogen-bond donors (Lipinski definition) is 0. The van der Waals surface area contributed by atoms with Gasteiger partial charge in [0, 0.05) is 35.0 Å². The van der Waals surface area contributed by atoms with Crippen LogP contribution in [0, 0.1) is 0 Å². The number of halogens is 1. The molecule has 5 rings (SSSR count). The smallest absolute Gasteiger partial charge is 0.215 e. The molecule has 2 aromatic carbocycles. The van der Waals surface area contributed by atoms with Crippen LogP contribution >= 0.6 is 11.6 Å². The summed E-state index contributed by atoms with van der Waals surface area (Å²) in [5.41, 5.74) is 4.29. The van der Waals surface area contributed by atoms with Gasteiger partial charge in [-0.2, -0.15) is 5.10 Å². The normalized spacial score (nSPS) is 20.8. The molecule has 0 spiro atoms. The van der Waals surface area contributed by atoms with Crippen LogP contribution in [0.1, 0.15) is 35.4 Å². The second kappa shape index (κ2) is 6.15. The van der Waals surface area contributed by atoms with E-state index in [1.165, 1.54) is 5.56 Å². The summed E-state index contributed by atoms with van der Waals surface area (Å²) in [5, 5.41) is 7.71. The van der Waals surface area contributed by atoms with Crippen molar-refractivity contribution in [3.05, 3.63) is 94.8 Å². The number of hydrazone groups is 1. The minimum atomic E-state index is -0.284. The van der Waals surface area contributed by atoms with E-state index in [0.717, 1.165) is 34.0 Å². The van der Waals surface area contributed by atoms with Gasteiger partial charge in [0.2, 0.25) is 6.23 Å². The van der Waals surface area contributed by atoms with Crippen LogP contribution in [-0.4, -0.2) is 15.7 Å². The van der Waals surface area contributed by atoms with Crippen LogP contribution in [0.5, 0.6) is 5.75 Å². The maximum absolute atomic E-state index is 6.29. The Balaban J connectivity index is 1.59. The lowest BCUT2D eigenvalue weighted by Crippen LogP contribution is -2.33. The van der Waals surface area contributed by atoms with Gasteiger partial charge in [-0.3, -0.25) is 4.98 Å². The Hall–Kier alpha value is -2.85. The Labute approximate surface area is 156 Å². The molecule has 4 nitrogen and oxygen atoms in total. The van der Waals surface area contributed by atoms with Gasteiger partial charge >= 0.3 is 0 Å². The highest BCUT2D eigenvalue weighted by Gasteiger charge is 2.40. The first kappa shape index (κ1) is 15.4. The molecule has 0 fully saturated rings. The Bertz CT molecular complexity index is 972. The van der Waals surface area contributed by atoms with Crippen molar-refractivity contribution < 1.29 is 4.74 Å². The molecule has 2 aliphatic rings. The van der Waals surface area contributed by atoms with Crippen molar-refractivity contribution in [3.63, 3.8) is 0 Å². The van der Waals surface area contributed by atoms with E-state index in [0.29, 0.717) is 0 Å². The molecule has 2 unspecified atom stereocenters. The highest BCUT2D eigenvalue weighted by molar-refractivity contribution is 6.30. The molecule has 0 bridgehead atoms. The van der Waals surface area contributed by atoms with Gasteiger partial charge in [-0.15, -0.1) is 0 Å². The Morgan fingerprint density at radius 3 is 2.65 bits per heavy atom. The molecule has 2 atom stereocenters. The fraction of sp³-hybridized carbons (Fsp3) is 0.143. The molecule has 5 heteroatoms. The summed E-state index contributed by atoms with van der Waals surface area (Å²) < 4.78 is 6.29. The van der Waals surface area contributed by atoms with Crippen LogP contribution in [0.2, 0.25) is 5.02 Å². The fourth-order valence-corrected chi connectivity index (χ4v) is 3.72. The number of hydrogen-bond acceptors (Lipinski definition) is 4. The number of benzene rings is 2. The van der Waals surface area contributed by atoms with Crippen molar-refractivity contribution in [3.8, 4) is 5.75 Å². The van der Waals surface area contributed by atoms with Crippen LogP contribution in [0.25, 0.3) is 0 Å². The van der Waals surface area contributed by atoms with Crippen molar-refractivity contribution in [1.29, 1.82) is 0 Å². The van der Waals surface area contributed by atoms with Crippen LogP contribution in [0.15, 0.2) is 78.2 Å². The van der Waals surface area contributed by atoms with Gasteiger partial charge in [-0.05, 0) is 29.8 Å². The molecule has 0 aliphatic carbocycles. The standard InChI is InChI=1S/C21H16ClN3O/c22-16-9-7-14(8-10-16)18-12-19-17-5-1-2-6-20(17)26-21(25(19)24-18)15-4-3-11-23-13-15/h1-11,13,19,21H,12H2. The third-order valence-electron chi connectivity index (χ3n) is 4.85. The molecule has 3 heterocycles. The third kappa shape index (κ3) is 2.54. The van der Waals surface area contributed by atoms with Gasteiger partial charge in [0.1, 0.15) is 5.75 Å². The Kier molecular flexibility index (Phi) is 3.64. The van der Waals surface area contributed by atoms with Crippen LogP contribution in [0.3, 0.4) is 0 Å². The quantitative estimate of drug-likeness (QED) is 0.646. The van der Waals surface area contributed by atoms with Crippen molar-refractivity contribution in [1.82, 2.24) is 9.99 Å². The van der Waals surface area contributed by atoms with Gasteiger partial charge < -0.3 is 4.74 Å². The van der Waals surface area contributed by atoms with Crippen LogP contribution < -0.4 is 4.74 Å². The number of pyridine rings is 1. The predicted octanol–water partition coefficient (Wildman–Crippen LogP) is 4.98. The van der Waals surface area contributed by atoms with E-state index in [4.69, 9.17) is 21.4 Å². The first-order valence-corrected chi connectivity index (χ1v) is 8.95. The Morgan fingerprint density at radius 2 is 1.85 bits per heavy atom. The number of ether oxygens (including phenoxy) is 1. The minimum absolute atomic E-state index is 0.149. The van der Waals surface area contributed by atoms with Crippen molar-refractivity contribution in [2.75, 3.05) is 0 Å². The number of aromatic nitrogens is 1. The summed E-state index contributed by atoms with van der Waals surface area (Å²) in [6.07, 6.45) is 4.15. The second-order valence-corrected chi connectivity index (χ2v) is 6.88. The number of rotatable bonds is 2. The zero-order valence-corrected chi connectivity index (χ0v) is 14.7. The zero-order chi connectivity index (χ0) is 17.5. The first-order valence-electron chi connectivity index (χ1n) is 8.57. The lowest BCUT2D eigenvalue weighted by Gasteiger charge is -2.38. The summed E-state index contributed by atoms with van der Waals surface area (Å²) in [6, 6.07) is 20.1. The maximum atomic E-state index is 6.29. The van der Waals surface area contributed by atoms with E-state index in [2.05, 4.69) is 16.1 Å². The lowest BCUT2D eigenvalue weighted by molar-refractivity contribution is -0.0192. The largest absolute Gasteiger partial charge is 0.464 e. The fourth-order valence-electron chi connectivity index (χ4n) is 3.59. The van der Waals surface area contributed by atoms with Crippen molar-refractivity contribution in [2.24, 2.45) is 5.10 Å². The molecule has 0 radical (unpaired) electrons. The molecule has 0 N–H and O–H groups in total. The van der Waals surface area contributed by atoms with Crippen LogP contribution in [-0.2, 0) is 0 Å². The summed E-state index contributed by atoms with van der Waals surface area (Å²) >= 11 is 6.03. The van der Waals surface area contributed by atoms with Gasteiger partial charge in [-0.25, -0.2) is 5.01 Å². The zero-order valence-electron chi connectivity index (χ0n) is 13.9. The average molecular weight is 362 g/mol. The second-order valence-electron chi connectivity index (χ2n) is 6.45.